The Bertz CT molecular complexity index is 1090. The fourth-order valence-electron chi connectivity index (χ4n) is 2.85. The van der Waals surface area contributed by atoms with Crippen molar-refractivity contribution < 1.29 is 0 Å². The molecule has 4 rings (SSSR count). The number of rotatable bonds is 5. The highest BCUT2D eigenvalue weighted by atomic mass is 79.9. The Labute approximate surface area is 170 Å². The van der Waals surface area contributed by atoms with Gasteiger partial charge in [-0.05, 0) is 33.1 Å². The topological polar surface area (TPSA) is 68.2 Å². The van der Waals surface area contributed by atoms with Crippen LogP contribution in [0.3, 0.4) is 0 Å². The highest BCUT2D eigenvalue weighted by Gasteiger charge is 2.13. The Balaban J connectivity index is 1.71. The normalized spacial score (nSPS) is 11.1. The zero-order chi connectivity index (χ0) is 18.8. The summed E-state index contributed by atoms with van der Waals surface area (Å²) in [6.07, 6.45) is 1.74. The first-order chi connectivity index (χ1) is 13.2. The van der Waals surface area contributed by atoms with Gasteiger partial charge in [-0.3, -0.25) is 0 Å². The van der Waals surface area contributed by atoms with Crippen molar-refractivity contribution >= 4 is 39.0 Å². The first kappa shape index (κ1) is 18.0. The maximum atomic E-state index is 6.37. The van der Waals surface area contributed by atoms with Crippen molar-refractivity contribution in [1.82, 2.24) is 14.6 Å². The van der Waals surface area contributed by atoms with E-state index in [1.165, 1.54) is 0 Å². The molecule has 0 saturated heterocycles. The number of nitrogens with one attached hydrogen (secondary N) is 1. The van der Waals surface area contributed by atoms with Crippen LogP contribution in [0.1, 0.15) is 11.1 Å². The zero-order valence-electron chi connectivity index (χ0n) is 14.4. The predicted molar refractivity (Wildman–Crippen MR) is 113 cm³/mol. The van der Waals surface area contributed by atoms with Crippen LogP contribution in [-0.2, 0) is 13.1 Å². The summed E-state index contributed by atoms with van der Waals surface area (Å²) in [5, 5.41) is 8.52. The molecule has 0 radical (unpaired) electrons. The number of benzene rings is 2. The first-order valence-electron chi connectivity index (χ1n) is 8.46. The van der Waals surface area contributed by atoms with Gasteiger partial charge in [-0.1, -0.05) is 54.1 Å². The van der Waals surface area contributed by atoms with Crippen LogP contribution in [0.2, 0.25) is 5.02 Å². The molecule has 0 aliphatic carbocycles. The molecule has 27 heavy (non-hydrogen) atoms. The molecule has 0 atom stereocenters. The third kappa shape index (κ3) is 3.69. The van der Waals surface area contributed by atoms with Crippen molar-refractivity contribution in [3.63, 3.8) is 0 Å². The van der Waals surface area contributed by atoms with Gasteiger partial charge in [0.25, 0.3) is 0 Å². The Kier molecular flexibility index (Phi) is 5.11. The summed E-state index contributed by atoms with van der Waals surface area (Å²) in [5.74, 6) is 0.837. The average Bonchev–Trinajstić information content (AvgIpc) is 3.08. The molecule has 136 valence electrons. The minimum atomic E-state index is 0.543. The minimum absolute atomic E-state index is 0.543. The van der Waals surface area contributed by atoms with Gasteiger partial charge in [0.1, 0.15) is 5.82 Å². The fourth-order valence-corrected chi connectivity index (χ4v) is 3.44. The van der Waals surface area contributed by atoms with E-state index in [4.69, 9.17) is 22.3 Å². The zero-order valence-corrected chi connectivity index (χ0v) is 16.7. The molecule has 7 heteroatoms. The SMILES string of the molecule is NCc1ccc(CNc2cc(-c3ccccc3Cl)nc3c(Br)cnn23)cc1. The first-order valence-corrected chi connectivity index (χ1v) is 9.64. The van der Waals surface area contributed by atoms with Gasteiger partial charge < -0.3 is 11.1 Å². The maximum absolute atomic E-state index is 6.37. The number of fused-ring (bicyclic) bond motifs is 1. The van der Waals surface area contributed by atoms with E-state index in [1.807, 2.05) is 42.5 Å². The van der Waals surface area contributed by atoms with Crippen molar-refractivity contribution in [3.05, 3.63) is 81.4 Å². The average molecular weight is 443 g/mol. The molecule has 2 aromatic carbocycles. The smallest absolute Gasteiger partial charge is 0.172 e. The number of nitrogens with zero attached hydrogens (tertiary/aromatic N) is 3. The van der Waals surface area contributed by atoms with Crippen molar-refractivity contribution in [1.29, 1.82) is 0 Å². The van der Waals surface area contributed by atoms with E-state index in [-0.39, 0.29) is 0 Å². The summed E-state index contributed by atoms with van der Waals surface area (Å²) in [5.41, 5.74) is 10.3. The van der Waals surface area contributed by atoms with E-state index in [0.29, 0.717) is 18.1 Å². The van der Waals surface area contributed by atoms with Gasteiger partial charge in [0.2, 0.25) is 0 Å². The van der Waals surface area contributed by atoms with Crippen LogP contribution in [0, 0.1) is 0 Å². The maximum Gasteiger partial charge on any atom is 0.172 e. The number of anilines is 1. The molecule has 0 amide bonds. The molecule has 0 fully saturated rings. The third-order valence-corrected chi connectivity index (χ3v) is 5.20. The van der Waals surface area contributed by atoms with Crippen LogP contribution < -0.4 is 11.1 Å². The molecule has 0 saturated carbocycles. The van der Waals surface area contributed by atoms with E-state index in [2.05, 4.69) is 38.5 Å². The number of nitrogens with two attached hydrogens (primary N) is 1. The van der Waals surface area contributed by atoms with E-state index in [1.54, 1.807) is 10.7 Å². The van der Waals surface area contributed by atoms with Gasteiger partial charge in [-0.25, -0.2) is 4.98 Å². The molecule has 2 aromatic heterocycles. The lowest BCUT2D eigenvalue weighted by atomic mass is 10.1. The summed E-state index contributed by atoms with van der Waals surface area (Å²) >= 11 is 9.89. The molecule has 4 aromatic rings. The van der Waals surface area contributed by atoms with E-state index in [9.17, 15) is 0 Å². The summed E-state index contributed by atoms with van der Waals surface area (Å²) in [6, 6.07) is 17.9. The second-order valence-corrected chi connectivity index (χ2v) is 7.37. The monoisotopic (exact) mass is 441 g/mol. The molecule has 0 spiro atoms. The van der Waals surface area contributed by atoms with Crippen molar-refractivity contribution in [3.8, 4) is 11.3 Å². The second-order valence-electron chi connectivity index (χ2n) is 6.11. The lowest BCUT2D eigenvalue weighted by Crippen LogP contribution is -2.07. The van der Waals surface area contributed by atoms with Crippen LogP contribution >= 0.6 is 27.5 Å². The summed E-state index contributed by atoms with van der Waals surface area (Å²) in [7, 11) is 0. The number of aromatic nitrogens is 3. The summed E-state index contributed by atoms with van der Waals surface area (Å²) < 4.78 is 2.60. The van der Waals surface area contributed by atoms with Gasteiger partial charge in [-0.2, -0.15) is 9.61 Å². The fraction of sp³-hybridized carbons (Fsp3) is 0.100. The quantitative estimate of drug-likeness (QED) is 0.462. The van der Waals surface area contributed by atoms with Crippen molar-refractivity contribution in [2.75, 3.05) is 5.32 Å². The molecular formula is C20H17BrClN5. The Morgan fingerprint density at radius 3 is 2.56 bits per heavy atom. The lowest BCUT2D eigenvalue weighted by Gasteiger charge is -2.12. The van der Waals surface area contributed by atoms with E-state index < -0.39 is 0 Å². The summed E-state index contributed by atoms with van der Waals surface area (Å²) in [4.78, 5) is 4.72. The number of halogens is 2. The lowest BCUT2D eigenvalue weighted by molar-refractivity contribution is 0.926. The van der Waals surface area contributed by atoms with Crippen molar-refractivity contribution in [2.45, 2.75) is 13.1 Å². The Morgan fingerprint density at radius 1 is 1.07 bits per heavy atom. The molecule has 5 nitrogen and oxygen atoms in total. The van der Waals surface area contributed by atoms with E-state index in [0.717, 1.165) is 38.3 Å². The number of hydrogen-bond acceptors (Lipinski definition) is 4. The summed E-state index contributed by atoms with van der Waals surface area (Å²) in [6.45, 7) is 1.20. The van der Waals surface area contributed by atoms with Gasteiger partial charge in [-0.15, -0.1) is 0 Å². The van der Waals surface area contributed by atoms with Gasteiger partial charge in [0.05, 0.1) is 16.4 Å². The molecule has 0 unspecified atom stereocenters. The molecule has 2 heterocycles. The van der Waals surface area contributed by atoms with Crippen LogP contribution in [0.4, 0.5) is 5.82 Å². The largest absolute Gasteiger partial charge is 0.366 e. The molecule has 3 N–H and O–H groups in total. The van der Waals surface area contributed by atoms with Gasteiger partial charge in [0, 0.05) is 29.7 Å². The predicted octanol–water partition coefficient (Wildman–Crippen LogP) is 4.88. The second kappa shape index (κ2) is 7.68. The number of hydrogen-bond donors (Lipinski definition) is 2. The highest BCUT2D eigenvalue weighted by Crippen LogP contribution is 2.30. The van der Waals surface area contributed by atoms with Gasteiger partial charge >= 0.3 is 0 Å². The third-order valence-electron chi connectivity index (χ3n) is 4.31. The standard InChI is InChI=1S/C20H17BrClN5/c21-16-12-25-27-19(24-11-14-7-5-13(10-23)6-8-14)9-18(26-20(16)27)15-3-1-2-4-17(15)22/h1-9,12,24H,10-11,23H2. The molecule has 0 bridgehead atoms. The van der Waals surface area contributed by atoms with Crippen LogP contribution in [0.25, 0.3) is 16.9 Å². The van der Waals surface area contributed by atoms with Crippen LogP contribution in [0.15, 0.2) is 65.3 Å². The Morgan fingerprint density at radius 2 is 1.81 bits per heavy atom. The molecular weight excluding hydrogens is 426 g/mol. The Hall–Kier alpha value is -2.41. The minimum Gasteiger partial charge on any atom is -0.366 e. The van der Waals surface area contributed by atoms with Crippen molar-refractivity contribution in [2.24, 2.45) is 5.73 Å². The van der Waals surface area contributed by atoms with Crippen LogP contribution in [0.5, 0.6) is 0 Å². The van der Waals surface area contributed by atoms with E-state index >= 15 is 0 Å². The molecule has 0 aliphatic rings. The van der Waals surface area contributed by atoms with Crippen LogP contribution in [-0.4, -0.2) is 14.6 Å². The molecule has 0 aliphatic heterocycles. The highest BCUT2D eigenvalue weighted by molar-refractivity contribution is 9.10. The van der Waals surface area contributed by atoms with Gasteiger partial charge in [0.15, 0.2) is 5.65 Å².